The number of carboxylic acid groups (broad SMARTS) is 1. The van der Waals surface area contributed by atoms with E-state index in [-0.39, 0.29) is 0 Å². The van der Waals surface area contributed by atoms with Gasteiger partial charge in [0.1, 0.15) is 18.3 Å². The molecule has 0 heterocycles. The number of quaternary nitrogens is 1. The minimum absolute atomic E-state index is 0.305. The normalized spacial score (nSPS) is 13.8. The van der Waals surface area contributed by atoms with Gasteiger partial charge < -0.3 is 41.4 Å². The van der Waals surface area contributed by atoms with Crippen molar-refractivity contribution in [2.45, 2.75) is 218 Å². The number of rotatable bonds is 34. The van der Waals surface area contributed by atoms with Crippen molar-refractivity contribution < 1.29 is 40.9 Å². The highest BCUT2D eigenvalue weighted by molar-refractivity contribution is 5.81. The third-order valence-corrected chi connectivity index (χ3v) is 8.94. The number of hydrogen-bond acceptors (Lipinski definition) is 7. The molecule has 0 bridgehead atoms. The van der Waals surface area contributed by atoms with Gasteiger partial charge in [-0.1, -0.05) is 174 Å². The monoisotopic (exact) mass is 675 g/mol. The zero-order chi connectivity index (χ0) is 35.4. The molecule has 0 aliphatic heterocycles. The van der Waals surface area contributed by atoms with Crippen molar-refractivity contribution in [1.29, 1.82) is 0 Å². The maximum Gasteiger partial charge on any atom is 0.251 e. The first kappa shape index (κ1) is 47.9. The number of carboxylic acids is 1. The lowest BCUT2D eigenvalue weighted by molar-refractivity contribution is -0.368. The molecule has 0 fully saturated rings. The van der Waals surface area contributed by atoms with Gasteiger partial charge in [0.25, 0.3) is 5.91 Å². The molecule has 0 aromatic carbocycles. The topological polar surface area (TPSA) is 178 Å². The second kappa shape index (κ2) is 37.6. The first-order valence-corrected chi connectivity index (χ1v) is 19.7. The Bertz CT molecular complexity index is 654. The highest BCUT2D eigenvalue weighted by Crippen LogP contribution is 2.14. The zero-order valence-corrected chi connectivity index (χ0v) is 30.7. The molecule has 0 spiro atoms. The predicted octanol–water partition coefficient (Wildman–Crippen LogP) is 5.49. The molecule has 47 heavy (non-hydrogen) atoms. The summed E-state index contributed by atoms with van der Waals surface area (Å²) >= 11 is 0. The Morgan fingerprint density at radius 1 is 0.489 bits per heavy atom. The molecule has 9 heteroatoms. The molecule has 0 saturated heterocycles. The quantitative estimate of drug-likeness (QED) is 0.0489. The zero-order valence-electron chi connectivity index (χ0n) is 30.7. The van der Waals surface area contributed by atoms with Gasteiger partial charge in [-0.15, -0.1) is 0 Å². The third-order valence-electron chi connectivity index (χ3n) is 8.94. The molecule has 9 nitrogen and oxygen atoms in total. The van der Waals surface area contributed by atoms with Gasteiger partial charge in [-0.25, -0.2) is 0 Å². The van der Waals surface area contributed by atoms with Crippen LogP contribution in [0.4, 0.5) is 0 Å². The second-order valence-corrected chi connectivity index (χ2v) is 13.5. The van der Waals surface area contributed by atoms with E-state index in [0.29, 0.717) is 6.54 Å². The van der Waals surface area contributed by atoms with Gasteiger partial charge in [-0.2, -0.15) is 0 Å². The minimum Gasteiger partial charge on any atom is -0.547 e. The number of hydrogen-bond donors (Lipinski definition) is 6. The SMILES string of the molecule is CCCCCCCCCCCCCCCCNC(=O)[C@@H](O)[C@H](O)[C@@H](O)[C@@H](O)C(=O)[O-].CCCCCCCCCCCCCCCC[NH3+]. The number of aliphatic hydroxyl groups is 4. The van der Waals surface area contributed by atoms with Crippen LogP contribution in [-0.2, 0) is 9.59 Å². The fraction of sp³-hybridized carbons (Fsp3) is 0.947. The van der Waals surface area contributed by atoms with E-state index in [1.165, 1.54) is 154 Å². The van der Waals surface area contributed by atoms with E-state index in [1.807, 2.05) is 0 Å². The molecule has 1 amide bonds. The Morgan fingerprint density at radius 3 is 1.06 bits per heavy atom. The number of aliphatic carboxylic acids is 1. The predicted molar refractivity (Wildman–Crippen MR) is 190 cm³/mol. The van der Waals surface area contributed by atoms with E-state index in [2.05, 4.69) is 24.9 Å². The highest BCUT2D eigenvalue weighted by atomic mass is 16.4. The van der Waals surface area contributed by atoms with Gasteiger partial charge in [-0.05, 0) is 19.3 Å². The van der Waals surface area contributed by atoms with E-state index in [9.17, 15) is 30.0 Å². The highest BCUT2D eigenvalue weighted by Gasteiger charge is 2.34. The van der Waals surface area contributed by atoms with Gasteiger partial charge in [0.2, 0.25) is 0 Å². The van der Waals surface area contributed by atoms with Crippen LogP contribution in [-0.4, -0.2) is 69.8 Å². The maximum absolute atomic E-state index is 11.7. The molecule has 8 N–H and O–H groups in total. The summed E-state index contributed by atoms with van der Waals surface area (Å²) in [4.78, 5) is 22.2. The van der Waals surface area contributed by atoms with Crippen molar-refractivity contribution in [3.63, 3.8) is 0 Å². The Hall–Kier alpha value is -1.26. The van der Waals surface area contributed by atoms with Crippen LogP contribution < -0.4 is 16.2 Å². The Balaban J connectivity index is 0. The third kappa shape index (κ3) is 33.0. The summed E-state index contributed by atoms with van der Waals surface area (Å²) in [5, 5.41) is 50.6. The van der Waals surface area contributed by atoms with Crippen LogP contribution in [0.25, 0.3) is 0 Å². The molecule has 0 radical (unpaired) electrons. The molecule has 0 aliphatic carbocycles. The standard InChI is InChI=1S/C22H43NO7.C16H35N/c1-2-3-4-5-6-7-8-9-10-11-12-13-14-15-16-23-21(28)19(26)17(24)18(25)20(27)22(29)30;1-2-3-4-5-6-7-8-9-10-11-12-13-14-15-16-17/h17-20,24-27H,2-16H2,1H3,(H,23,28)(H,29,30);2-17H2,1H3/t17-,18-,19+,20-;/m1./s1. The van der Waals surface area contributed by atoms with Gasteiger partial charge in [0.15, 0.2) is 6.10 Å². The van der Waals surface area contributed by atoms with Gasteiger partial charge in [0.05, 0.1) is 12.5 Å². The van der Waals surface area contributed by atoms with Gasteiger partial charge >= 0.3 is 0 Å². The number of carbonyl (C=O) groups is 2. The number of aliphatic hydroxyl groups excluding tert-OH is 4. The van der Waals surface area contributed by atoms with Crippen molar-refractivity contribution in [3.8, 4) is 0 Å². The number of carbonyl (C=O) groups excluding carboxylic acids is 2. The second-order valence-electron chi connectivity index (χ2n) is 13.5. The Morgan fingerprint density at radius 2 is 0.766 bits per heavy atom. The first-order chi connectivity index (χ1) is 22.7. The summed E-state index contributed by atoms with van der Waals surface area (Å²) in [6.07, 6.45) is 28.4. The molecule has 0 aliphatic rings. The average Bonchev–Trinajstić information content (AvgIpc) is 3.07. The minimum atomic E-state index is -2.40. The van der Waals surface area contributed by atoms with Crippen LogP contribution in [0.3, 0.4) is 0 Å². The van der Waals surface area contributed by atoms with Gasteiger partial charge in [0, 0.05) is 6.54 Å². The molecule has 0 saturated carbocycles. The number of unbranched alkanes of at least 4 members (excludes halogenated alkanes) is 26. The molecular formula is C38H78N2O7. The summed E-state index contributed by atoms with van der Waals surface area (Å²) in [5.74, 6) is -2.93. The van der Waals surface area contributed by atoms with E-state index in [1.54, 1.807) is 0 Å². The largest absolute Gasteiger partial charge is 0.547 e. The Labute approximate surface area is 288 Å². The number of amides is 1. The lowest BCUT2D eigenvalue weighted by Gasteiger charge is -2.26. The fourth-order valence-electron chi connectivity index (χ4n) is 5.68. The van der Waals surface area contributed by atoms with Crippen LogP contribution in [0, 0.1) is 0 Å². The lowest BCUT2D eigenvalue weighted by atomic mass is 10.0. The molecule has 0 unspecified atom stereocenters. The summed E-state index contributed by atoms with van der Waals surface area (Å²) in [7, 11) is 0. The van der Waals surface area contributed by atoms with Crippen molar-refractivity contribution in [2.24, 2.45) is 0 Å². The van der Waals surface area contributed by atoms with Crippen molar-refractivity contribution in [1.82, 2.24) is 5.32 Å². The van der Waals surface area contributed by atoms with E-state index in [4.69, 9.17) is 5.11 Å². The van der Waals surface area contributed by atoms with Crippen LogP contribution in [0.15, 0.2) is 0 Å². The van der Waals surface area contributed by atoms with E-state index >= 15 is 0 Å². The van der Waals surface area contributed by atoms with E-state index < -0.39 is 36.3 Å². The average molecular weight is 675 g/mol. The molecule has 0 aromatic heterocycles. The summed E-state index contributed by atoms with van der Waals surface area (Å²) < 4.78 is 0. The van der Waals surface area contributed by atoms with Crippen LogP contribution in [0.5, 0.6) is 0 Å². The van der Waals surface area contributed by atoms with Crippen molar-refractivity contribution >= 4 is 11.9 Å². The molecular weight excluding hydrogens is 596 g/mol. The Kier molecular flexibility index (Phi) is 38.2. The smallest absolute Gasteiger partial charge is 0.251 e. The molecule has 0 rings (SSSR count). The summed E-state index contributed by atoms with van der Waals surface area (Å²) in [6.45, 7) is 5.95. The first-order valence-electron chi connectivity index (χ1n) is 19.7. The molecule has 4 atom stereocenters. The van der Waals surface area contributed by atoms with Crippen molar-refractivity contribution in [2.75, 3.05) is 13.1 Å². The van der Waals surface area contributed by atoms with Crippen LogP contribution in [0.2, 0.25) is 0 Å². The molecule has 0 aromatic rings. The summed E-state index contributed by atoms with van der Waals surface area (Å²) in [5.41, 5.74) is 3.88. The van der Waals surface area contributed by atoms with Crippen LogP contribution in [0.1, 0.15) is 194 Å². The van der Waals surface area contributed by atoms with Gasteiger partial charge in [-0.3, -0.25) is 4.79 Å². The van der Waals surface area contributed by atoms with Crippen LogP contribution >= 0.6 is 0 Å². The molecule has 282 valence electrons. The van der Waals surface area contributed by atoms with Crippen molar-refractivity contribution in [3.05, 3.63) is 0 Å². The summed E-state index contributed by atoms with van der Waals surface area (Å²) in [6, 6.07) is 0. The maximum atomic E-state index is 11.7. The fourth-order valence-corrected chi connectivity index (χ4v) is 5.68. The number of nitrogens with one attached hydrogen (secondary N) is 1. The lowest BCUT2D eigenvalue weighted by Crippen LogP contribution is -2.55. The van der Waals surface area contributed by atoms with E-state index in [0.717, 1.165) is 32.2 Å².